The van der Waals surface area contributed by atoms with Crippen molar-refractivity contribution in [1.29, 1.82) is 0 Å². The fraction of sp³-hybridized carbons (Fsp3) is 0.875. The molecule has 0 aromatic rings. The smallest absolute Gasteiger partial charge is 0.223 e. The van der Waals surface area contributed by atoms with Gasteiger partial charge in [0.15, 0.2) is 0 Å². The van der Waals surface area contributed by atoms with Gasteiger partial charge in [-0.3, -0.25) is 9.59 Å². The molecular weight excluding hydrogens is 266 g/mol. The molecule has 0 atom stereocenters. The van der Waals surface area contributed by atoms with Crippen molar-refractivity contribution in [3.63, 3.8) is 0 Å². The Morgan fingerprint density at radius 1 is 1.14 bits per heavy atom. The number of amides is 2. The van der Waals surface area contributed by atoms with Crippen LogP contribution in [0.15, 0.2) is 0 Å². The molecular formula is C16H31N3O2. The highest BCUT2D eigenvalue weighted by Crippen LogP contribution is 2.20. The Hall–Kier alpha value is -1.10. The molecule has 0 unspecified atom stereocenters. The van der Waals surface area contributed by atoms with Gasteiger partial charge >= 0.3 is 0 Å². The Morgan fingerprint density at radius 2 is 1.76 bits per heavy atom. The van der Waals surface area contributed by atoms with Crippen molar-refractivity contribution >= 4 is 11.8 Å². The normalized spacial score (nSPS) is 16.0. The molecule has 0 aromatic carbocycles. The van der Waals surface area contributed by atoms with Gasteiger partial charge in [0.05, 0.1) is 0 Å². The number of carbonyl (C=O) groups is 2. The van der Waals surface area contributed by atoms with Crippen molar-refractivity contribution < 1.29 is 9.59 Å². The first-order valence-corrected chi connectivity index (χ1v) is 8.32. The number of likely N-dealkylation sites (tertiary alicyclic amines) is 1. The van der Waals surface area contributed by atoms with Crippen LogP contribution in [0.3, 0.4) is 0 Å². The molecule has 1 heterocycles. The van der Waals surface area contributed by atoms with Crippen molar-refractivity contribution in [3.8, 4) is 0 Å². The van der Waals surface area contributed by atoms with E-state index in [0.29, 0.717) is 12.8 Å². The maximum atomic E-state index is 12.2. The van der Waals surface area contributed by atoms with E-state index in [-0.39, 0.29) is 11.8 Å². The third-order valence-electron chi connectivity index (χ3n) is 4.44. The van der Waals surface area contributed by atoms with Gasteiger partial charge in [0.1, 0.15) is 0 Å². The van der Waals surface area contributed by atoms with Gasteiger partial charge < -0.3 is 15.1 Å². The molecule has 0 radical (unpaired) electrons. The quantitative estimate of drug-likeness (QED) is 0.738. The molecule has 0 spiro atoms. The molecule has 5 nitrogen and oxygen atoms in total. The Balaban J connectivity index is 2.26. The maximum absolute atomic E-state index is 12.2. The summed E-state index contributed by atoms with van der Waals surface area (Å²) in [4.78, 5) is 27.8. The largest absolute Gasteiger partial charge is 0.343 e. The zero-order valence-electron chi connectivity index (χ0n) is 13.9. The molecule has 1 N–H and O–H groups in total. The van der Waals surface area contributed by atoms with E-state index in [2.05, 4.69) is 5.32 Å². The summed E-state index contributed by atoms with van der Waals surface area (Å²) in [6.07, 6.45) is 4.09. The summed E-state index contributed by atoms with van der Waals surface area (Å²) in [5.41, 5.74) is 0. The first-order valence-electron chi connectivity index (χ1n) is 8.32. The van der Waals surface area contributed by atoms with Crippen LogP contribution < -0.4 is 5.32 Å². The van der Waals surface area contributed by atoms with Gasteiger partial charge in [-0.2, -0.15) is 0 Å². The van der Waals surface area contributed by atoms with E-state index >= 15 is 0 Å². The SMILES string of the molecule is CCN(CC)C(=O)CCC(=O)N1CCC(CCNC)CC1. The molecule has 2 amide bonds. The molecule has 21 heavy (non-hydrogen) atoms. The van der Waals surface area contributed by atoms with Crippen LogP contribution in [0.4, 0.5) is 0 Å². The second-order valence-electron chi connectivity index (χ2n) is 5.78. The van der Waals surface area contributed by atoms with Crippen molar-refractivity contribution in [2.75, 3.05) is 39.8 Å². The van der Waals surface area contributed by atoms with Gasteiger partial charge in [0.25, 0.3) is 0 Å². The molecule has 0 saturated carbocycles. The van der Waals surface area contributed by atoms with E-state index in [1.807, 2.05) is 25.8 Å². The van der Waals surface area contributed by atoms with Gasteiger partial charge in [-0.25, -0.2) is 0 Å². The molecule has 1 saturated heterocycles. The van der Waals surface area contributed by atoms with Gasteiger partial charge in [0.2, 0.25) is 11.8 Å². The minimum absolute atomic E-state index is 0.0947. The number of nitrogens with one attached hydrogen (secondary N) is 1. The summed E-state index contributed by atoms with van der Waals surface area (Å²) in [6.45, 7) is 8.15. The van der Waals surface area contributed by atoms with E-state index in [1.165, 1.54) is 6.42 Å². The van der Waals surface area contributed by atoms with Crippen molar-refractivity contribution in [1.82, 2.24) is 15.1 Å². The molecule has 0 bridgehead atoms. The number of nitrogens with zero attached hydrogens (tertiary/aromatic N) is 2. The molecule has 1 aliphatic heterocycles. The maximum Gasteiger partial charge on any atom is 0.223 e. The standard InChI is InChI=1S/C16H31N3O2/c1-4-18(5-2)15(20)6-7-16(21)19-12-9-14(10-13-19)8-11-17-3/h14,17H,4-13H2,1-3H3. The number of piperidine rings is 1. The Labute approximate surface area is 129 Å². The third kappa shape index (κ3) is 6.04. The molecule has 1 fully saturated rings. The molecule has 1 aliphatic rings. The highest BCUT2D eigenvalue weighted by Gasteiger charge is 2.23. The fourth-order valence-corrected chi connectivity index (χ4v) is 2.93. The number of hydrogen-bond donors (Lipinski definition) is 1. The Morgan fingerprint density at radius 3 is 2.29 bits per heavy atom. The predicted molar refractivity (Wildman–Crippen MR) is 85.0 cm³/mol. The van der Waals surface area contributed by atoms with Crippen LogP contribution in [0.2, 0.25) is 0 Å². The van der Waals surface area contributed by atoms with E-state index in [4.69, 9.17) is 0 Å². The molecule has 0 aliphatic carbocycles. The van der Waals surface area contributed by atoms with E-state index < -0.39 is 0 Å². The average molecular weight is 297 g/mol. The number of rotatable bonds is 8. The second-order valence-corrected chi connectivity index (χ2v) is 5.78. The first-order chi connectivity index (χ1) is 10.1. The summed E-state index contributed by atoms with van der Waals surface area (Å²) in [5, 5.41) is 3.18. The molecule has 122 valence electrons. The summed E-state index contributed by atoms with van der Waals surface area (Å²) < 4.78 is 0. The van der Waals surface area contributed by atoms with Gasteiger partial charge in [-0.1, -0.05) is 0 Å². The monoisotopic (exact) mass is 297 g/mol. The topological polar surface area (TPSA) is 52.7 Å². The van der Waals surface area contributed by atoms with Crippen LogP contribution in [0.1, 0.15) is 46.0 Å². The van der Waals surface area contributed by atoms with Crippen molar-refractivity contribution in [2.45, 2.75) is 46.0 Å². The highest BCUT2D eigenvalue weighted by molar-refractivity contribution is 5.83. The third-order valence-corrected chi connectivity index (χ3v) is 4.44. The lowest BCUT2D eigenvalue weighted by Crippen LogP contribution is -2.39. The Bertz CT molecular complexity index is 321. The van der Waals surface area contributed by atoms with Crippen molar-refractivity contribution in [3.05, 3.63) is 0 Å². The number of hydrogen-bond acceptors (Lipinski definition) is 3. The average Bonchev–Trinajstić information content (AvgIpc) is 2.52. The van der Waals surface area contributed by atoms with E-state index in [1.54, 1.807) is 4.90 Å². The van der Waals surface area contributed by atoms with Crippen LogP contribution in [0, 0.1) is 5.92 Å². The molecule has 0 aromatic heterocycles. The van der Waals surface area contributed by atoms with Crippen LogP contribution >= 0.6 is 0 Å². The van der Waals surface area contributed by atoms with Gasteiger partial charge in [-0.05, 0) is 52.6 Å². The zero-order chi connectivity index (χ0) is 15.7. The van der Waals surface area contributed by atoms with Gasteiger partial charge in [0, 0.05) is 39.0 Å². The predicted octanol–water partition coefficient (Wildman–Crippen LogP) is 1.48. The molecule has 5 heteroatoms. The summed E-state index contributed by atoms with van der Waals surface area (Å²) in [6, 6.07) is 0. The second kappa shape index (κ2) is 9.77. The summed E-state index contributed by atoms with van der Waals surface area (Å²) in [5.74, 6) is 0.971. The van der Waals surface area contributed by atoms with Crippen LogP contribution in [0.5, 0.6) is 0 Å². The summed E-state index contributed by atoms with van der Waals surface area (Å²) >= 11 is 0. The fourth-order valence-electron chi connectivity index (χ4n) is 2.93. The van der Waals surface area contributed by atoms with E-state index in [0.717, 1.165) is 51.5 Å². The molecule has 1 rings (SSSR count). The first kappa shape index (κ1) is 18.0. The lowest BCUT2D eigenvalue weighted by molar-refractivity contribution is -0.137. The zero-order valence-corrected chi connectivity index (χ0v) is 13.9. The minimum Gasteiger partial charge on any atom is -0.343 e. The lowest BCUT2D eigenvalue weighted by atomic mass is 9.93. The van der Waals surface area contributed by atoms with Crippen molar-refractivity contribution in [2.24, 2.45) is 5.92 Å². The highest BCUT2D eigenvalue weighted by atomic mass is 16.2. The summed E-state index contributed by atoms with van der Waals surface area (Å²) in [7, 11) is 1.98. The van der Waals surface area contributed by atoms with Crippen LogP contribution in [-0.2, 0) is 9.59 Å². The Kier molecular flexibility index (Phi) is 8.35. The van der Waals surface area contributed by atoms with Crippen LogP contribution in [0.25, 0.3) is 0 Å². The minimum atomic E-state index is 0.0947. The van der Waals surface area contributed by atoms with E-state index in [9.17, 15) is 9.59 Å². The lowest BCUT2D eigenvalue weighted by Gasteiger charge is -2.32. The van der Waals surface area contributed by atoms with Gasteiger partial charge in [-0.15, -0.1) is 0 Å². The van der Waals surface area contributed by atoms with Crippen LogP contribution in [-0.4, -0.2) is 61.4 Å². The number of carbonyl (C=O) groups excluding carboxylic acids is 2.